The lowest BCUT2D eigenvalue weighted by Crippen LogP contribution is -2.35. The number of aryl methyl sites for hydroxylation is 1. The Morgan fingerprint density at radius 1 is 1.14 bits per heavy atom. The van der Waals surface area contributed by atoms with Crippen molar-refractivity contribution in [3.63, 3.8) is 0 Å². The Kier molecular flexibility index (Phi) is 7.46. The van der Waals surface area contributed by atoms with Crippen molar-refractivity contribution in [2.75, 3.05) is 19.6 Å². The molecular formula is C16H25N3O2. The first-order chi connectivity index (χ1) is 10.1. The summed E-state index contributed by atoms with van der Waals surface area (Å²) >= 11 is 0. The number of benzene rings is 1. The molecule has 1 atom stereocenters. The zero-order valence-corrected chi connectivity index (χ0v) is 12.8. The van der Waals surface area contributed by atoms with Crippen molar-refractivity contribution in [1.82, 2.24) is 10.6 Å². The van der Waals surface area contributed by atoms with Gasteiger partial charge in [0.25, 0.3) is 5.91 Å². The summed E-state index contributed by atoms with van der Waals surface area (Å²) in [5.41, 5.74) is 7.31. The summed E-state index contributed by atoms with van der Waals surface area (Å²) in [6.45, 7) is 5.36. The summed E-state index contributed by atoms with van der Waals surface area (Å²) in [4.78, 5) is 23.5. The number of nitrogens with one attached hydrogen (secondary N) is 2. The minimum Gasteiger partial charge on any atom is -0.354 e. The lowest BCUT2D eigenvalue weighted by atomic mass is 10.0. The fraction of sp³-hybridized carbons (Fsp3) is 0.500. The van der Waals surface area contributed by atoms with Gasteiger partial charge in [0.2, 0.25) is 5.91 Å². The third-order valence-electron chi connectivity index (χ3n) is 3.43. The fourth-order valence-electron chi connectivity index (χ4n) is 1.91. The summed E-state index contributed by atoms with van der Waals surface area (Å²) in [5.74, 6) is 0.0849. The van der Waals surface area contributed by atoms with E-state index in [-0.39, 0.29) is 17.7 Å². The van der Waals surface area contributed by atoms with Crippen molar-refractivity contribution < 1.29 is 9.59 Å². The van der Waals surface area contributed by atoms with Gasteiger partial charge in [-0.05, 0) is 31.5 Å². The second-order valence-electron chi connectivity index (χ2n) is 5.19. The summed E-state index contributed by atoms with van der Waals surface area (Å²) < 4.78 is 0. The van der Waals surface area contributed by atoms with Gasteiger partial charge in [-0.3, -0.25) is 9.59 Å². The van der Waals surface area contributed by atoms with Crippen molar-refractivity contribution in [3.05, 3.63) is 35.4 Å². The molecule has 5 nitrogen and oxygen atoms in total. The maximum absolute atomic E-state index is 11.8. The quantitative estimate of drug-likeness (QED) is 0.630. The molecule has 0 fully saturated rings. The van der Waals surface area contributed by atoms with Gasteiger partial charge in [0.15, 0.2) is 0 Å². The second-order valence-corrected chi connectivity index (χ2v) is 5.19. The van der Waals surface area contributed by atoms with Crippen molar-refractivity contribution >= 4 is 11.8 Å². The van der Waals surface area contributed by atoms with Crippen LogP contribution < -0.4 is 16.4 Å². The largest absolute Gasteiger partial charge is 0.354 e. The highest BCUT2D eigenvalue weighted by Crippen LogP contribution is 2.05. The van der Waals surface area contributed by atoms with Crippen LogP contribution in [0.25, 0.3) is 0 Å². The predicted molar refractivity (Wildman–Crippen MR) is 84.0 cm³/mol. The predicted octanol–water partition coefficient (Wildman–Crippen LogP) is 1.22. The third-order valence-corrected chi connectivity index (χ3v) is 3.43. The molecule has 1 unspecified atom stereocenters. The molecule has 4 N–H and O–H groups in total. The highest BCUT2D eigenvalue weighted by atomic mass is 16.2. The molecular weight excluding hydrogens is 266 g/mol. The van der Waals surface area contributed by atoms with Crippen LogP contribution in [0.1, 0.15) is 35.7 Å². The van der Waals surface area contributed by atoms with Crippen LogP contribution in [0.5, 0.6) is 0 Å². The second kappa shape index (κ2) is 9.13. The van der Waals surface area contributed by atoms with E-state index < -0.39 is 0 Å². The molecule has 0 saturated carbocycles. The number of carbonyl (C=O) groups excluding carboxylic acids is 2. The van der Waals surface area contributed by atoms with Gasteiger partial charge in [-0.25, -0.2) is 0 Å². The summed E-state index contributed by atoms with van der Waals surface area (Å²) in [6, 6.07) is 7.37. The van der Waals surface area contributed by atoms with E-state index in [0.717, 1.165) is 12.0 Å². The molecule has 0 saturated heterocycles. The van der Waals surface area contributed by atoms with Gasteiger partial charge in [0.05, 0.1) is 0 Å². The first kappa shape index (κ1) is 17.2. The van der Waals surface area contributed by atoms with Gasteiger partial charge in [0.1, 0.15) is 0 Å². The van der Waals surface area contributed by atoms with Crippen LogP contribution in [-0.4, -0.2) is 31.4 Å². The zero-order valence-electron chi connectivity index (χ0n) is 12.8. The average Bonchev–Trinajstić information content (AvgIpc) is 2.49. The number of hydrogen-bond acceptors (Lipinski definition) is 3. The lowest BCUT2D eigenvalue weighted by molar-refractivity contribution is -0.121. The van der Waals surface area contributed by atoms with Crippen LogP contribution in [0, 0.1) is 12.8 Å². The number of carbonyl (C=O) groups is 2. The number of rotatable bonds is 8. The Balaban J connectivity index is 2.23. The Morgan fingerprint density at radius 3 is 2.33 bits per heavy atom. The van der Waals surface area contributed by atoms with Gasteiger partial charge in [-0.1, -0.05) is 31.0 Å². The van der Waals surface area contributed by atoms with E-state index >= 15 is 0 Å². The number of amides is 2. The Morgan fingerprint density at radius 2 is 1.76 bits per heavy atom. The molecule has 0 radical (unpaired) electrons. The highest BCUT2D eigenvalue weighted by Gasteiger charge is 2.10. The minimum absolute atomic E-state index is 0.0168. The maximum Gasteiger partial charge on any atom is 0.251 e. The molecule has 21 heavy (non-hydrogen) atoms. The Bertz CT molecular complexity index is 453. The molecule has 1 rings (SSSR count). The van der Waals surface area contributed by atoms with E-state index in [2.05, 4.69) is 10.6 Å². The Labute approximate surface area is 126 Å². The van der Waals surface area contributed by atoms with E-state index in [9.17, 15) is 9.59 Å². The summed E-state index contributed by atoms with van der Waals surface area (Å²) in [5, 5.41) is 5.57. The number of nitrogens with two attached hydrogens (primary N) is 1. The minimum atomic E-state index is -0.127. The standard InChI is InChI=1S/C16H25N3O2/c1-3-13(11-17)10-15(20)18-8-9-19-16(21)14-6-4-12(2)5-7-14/h4-7,13H,3,8-11,17H2,1-2H3,(H,18,20)(H,19,21). The smallest absolute Gasteiger partial charge is 0.251 e. The molecule has 0 bridgehead atoms. The average molecular weight is 291 g/mol. The van der Waals surface area contributed by atoms with Gasteiger partial charge in [0, 0.05) is 25.1 Å². The van der Waals surface area contributed by atoms with Gasteiger partial charge >= 0.3 is 0 Å². The van der Waals surface area contributed by atoms with E-state index in [1.165, 1.54) is 0 Å². The van der Waals surface area contributed by atoms with Crippen molar-refractivity contribution in [3.8, 4) is 0 Å². The van der Waals surface area contributed by atoms with Crippen molar-refractivity contribution in [2.45, 2.75) is 26.7 Å². The maximum atomic E-state index is 11.8. The van der Waals surface area contributed by atoms with E-state index in [1.54, 1.807) is 12.1 Å². The molecule has 0 aliphatic rings. The monoisotopic (exact) mass is 291 g/mol. The van der Waals surface area contributed by atoms with Crippen LogP contribution in [-0.2, 0) is 4.79 Å². The van der Waals surface area contributed by atoms with E-state index in [4.69, 9.17) is 5.73 Å². The van der Waals surface area contributed by atoms with Crippen LogP contribution >= 0.6 is 0 Å². The van der Waals surface area contributed by atoms with Gasteiger partial charge in [-0.15, -0.1) is 0 Å². The van der Waals surface area contributed by atoms with Crippen molar-refractivity contribution in [1.29, 1.82) is 0 Å². The van der Waals surface area contributed by atoms with Gasteiger partial charge in [-0.2, -0.15) is 0 Å². The molecule has 5 heteroatoms. The first-order valence-electron chi connectivity index (χ1n) is 7.38. The molecule has 0 heterocycles. The van der Waals surface area contributed by atoms with Crippen LogP contribution in [0.3, 0.4) is 0 Å². The topological polar surface area (TPSA) is 84.2 Å². The molecule has 0 aromatic heterocycles. The molecule has 1 aromatic rings. The first-order valence-corrected chi connectivity index (χ1v) is 7.38. The fourth-order valence-corrected chi connectivity index (χ4v) is 1.91. The van der Waals surface area contributed by atoms with Crippen LogP contribution in [0.15, 0.2) is 24.3 Å². The molecule has 0 aliphatic carbocycles. The molecule has 0 aliphatic heterocycles. The summed E-state index contributed by atoms with van der Waals surface area (Å²) in [7, 11) is 0. The molecule has 2 amide bonds. The highest BCUT2D eigenvalue weighted by molar-refractivity contribution is 5.94. The normalized spacial score (nSPS) is 11.8. The van der Waals surface area contributed by atoms with Crippen molar-refractivity contribution in [2.24, 2.45) is 11.7 Å². The van der Waals surface area contributed by atoms with E-state index in [1.807, 2.05) is 26.0 Å². The third kappa shape index (κ3) is 6.40. The van der Waals surface area contributed by atoms with Crippen LogP contribution in [0.2, 0.25) is 0 Å². The Hall–Kier alpha value is -1.88. The summed E-state index contributed by atoms with van der Waals surface area (Å²) in [6.07, 6.45) is 1.34. The number of hydrogen-bond donors (Lipinski definition) is 3. The zero-order chi connectivity index (χ0) is 15.7. The SMILES string of the molecule is CCC(CN)CC(=O)NCCNC(=O)c1ccc(C)cc1. The lowest BCUT2D eigenvalue weighted by Gasteiger charge is -2.12. The molecule has 116 valence electrons. The molecule has 0 spiro atoms. The van der Waals surface area contributed by atoms with E-state index in [0.29, 0.717) is 31.6 Å². The molecule has 1 aromatic carbocycles. The van der Waals surface area contributed by atoms with Crippen LogP contribution in [0.4, 0.5) is 0 Å². The van der Waals surface area contributed by atoms with Gasteiger partial charge < -0.3 is 16.4 Å².